The molecule has 0 fully saturated rings. The fourth-order valence-corrected chi connectivity index (χ4v) is 1.65. The third kappa shape index (κ3) is 1.68. The molecule has 0 aromatic heterocycles. The van der Waals surface area contributed by atoms with Crippen LogP contribution in [0.1, 0.15) is 5.56 Å². The Hall–Kier alpha value is -1.02. The van der Waals surface area contributed by atoms with Crippen LogP contribution in [-0.2, 0) is 0 Å². The Morgan fingerprint density at radius 2 is 2.31 bits per heavy atom. The van der Waals surface area contributed by atoms with Crippen molar-refractivity contribution in [3.05, 3.63) is 28.8 Å². The van der Waals surface area contributed by atoms with E-state index in [0.717, 1.165) is 23.7 Å². The Morgan fingerprint density at radius 1 is 1.46 bits per heavy atom. The lowest BCUT2D eigenvalue weighted by atomic mass is 10.2. The van der Waals surface area contributed by atoms with E-state index in [1.165, 1.54) is 5.69 Å². The van der Waals surface area contributed by atoms with Gasteiger partial charge in [-0.25, -0.2) is 0 Å². The Bertz CT molecular complexity index is 347. The van der Waals surface area contributed by atoms with E-state index < -0.39 is 0 Å². The molecular weight excluding hydrogens is 184 g/mol. The molecule has 0 bridgehead atoms. The third-order valence-electron chi connectivity index (χ3n) is 2.20. The molecule has 1 aromatic rings. The van der Waals surface area contributed by atoms with Gasteiger partial charge in [0.1, 0.15) is 0 Å². The van der Waals surface area contributed by atoms with Crippen LogP contribution in [0.3, 0.4) is 0 Å². The normalized spacial score (nSPS) is 15.4. The van der Waals surface area contributed by atoms with Gasteiger partial charge in [0.15, 0.2) is 0 Å². The van der Waals surface area contributed by atoms with Gasteiger partial charge in [0.25, 0.3) is 0 Å². The minimum atomic E-state index is 0.764. The molecule has 0 spiro atoms. The van der Waals surface area contributed by atoms with Gasteiger partial charge >= 0.3 is 0 Å². The minimum absolute atomic E-state index is 0.764. The van der Waals surface area contributed by atoms with Crippen LogP contribution in [0.25, 0.3) is 0 Å². The van der Waals surface area contributed by atoms with Gasteiger partial charge in [0.2, 0.25) is 0 Å². The number of hydrogen-bond donors (Lipinski definition) is 0. The average molecular weight is 195 g/mol. The van der Waals surface area contributed by atoms with Gasteiger partial charge in [-0.1, -0.05) is 11.6 Å². The highest BCUT2D eigenvalue weighted by Crippen LogP contribution is 2.23. The molecule has 0 aliphatic carbocycles. The van der Waals surface area contributed by atoms with Gasteiger partial charge in [-0.15, -0.1) is 0 Å². The molecule has 1 heterocycles. The molecule has 1 aliphatic heterocycles. The Labute approximate surface area is 82.8 Å². The lowest BCUT2D eigenvalue weighted by molar-refractivity contribution is 0.897. The van der Waals surface area contributed by atoms with Crippen molar-refractivity contribution in [3.63, 3.8) is 0 Å². The van der Waals surface area contributed by atoms with Gasteiger partial charge in [0, 0.05) is 36.1 Å². The summed E-state index contributed by atoms with van der Waals surface area (Å²) in [5.74, 6) is 0. The number of aliphatic imine (C=N–C) groups is 1. The molecule has 13 heavy (non-hydrogen) atoms. The first kappa shape index (κ1) is 8.57. The summed E-state index contributed by atoms with van der Waals surface area (Å²) in [7, 11) is 2.07. The second-order valence-corrected chi connectivity index (χ2v) is 3.60. The fraction of sp³-hybridized carbons (Fsp3) is 0.300. The molecule has 2 rings (SSSR count). The molecular formula is C10H11ClN2. The van der Waals surface area contributed by atoms with Gasteiger partial charge in [-0.3, -0.25) is 4.99 Å². The highest BCUT2D eigenvalue weighted by atomic mass is 35.5. The van der Waals surface area contributed by atoms with E-state index in [9.17, 15) is 0 Å². The first-order chi connectivity index (χ1) is 6.27. The van der Waals surface area contributed by atoms with E-state index in [1.807, 2.05) is 24.4 Å². The third-order valence-corrected chi connectivity index (χ3v) is 2.43. The second-order valence-electron chi connectivity index (χ2n) is 3.16. The molecule has 0 saturated carbocycles. The lowest BCUT2D eigenvalue weighted by Crippen LogP contribution is -2.20. The number of rotatable bonds is 0. The highest BCUT2D eigenvalue weighted by Gasteiger charge is 2.08. The summed E-state index contributed by atoms with van der Waals surface area (Å²) in [6.07, 6.45) is 1.89. The van der Waals surface area contributed by atoms with Crippen molar-refractivity contribution in [3.8, 4) is 0 Å². The Morgan fingerprint density at radius 3 is 3.15 bits per heavy atom. The molecule has 0 N–H and O–H groups in total. The molecule has 2 nitrogen and oxygen atoms in total. The number of benzene rings is 1. The van der Waals surface area contributed by atoms with Crippen molar-refractivity contribution in [2.24, 2.45) is 4.99 Å². The molecule has 0 amide bonds. The molecule has 0 radical (unpaired) electrons. The summed E-state index contributed by atoms with van der Waals surface area (Å²) >= 11 is 5.90. The Balaban J connectivity index is 2.51. The lowest BCUT2D eigenvalue weighted by Gasteiger charge is -2.18. The van der Waals surface area contributed by atoms with E-state index in [1.54, 1.807) is 0 Å². The first-order valence-electron chi connectivity index (χ1n) is 4.28. The number of nitrogens with zero attached hydrogens (tertiary/aromatic N) is 2. The predicted octanol–water partition coefficient (Wildman–Crippen LogP) is 2.21. The van der Waals surface area contributed by atoms with Crippen LogP contribution < -0.4 is 4.90 Å². The van der Waals surface area contributed by atoms with Crippen LogP contribution in [0.2, 0.25) is 5.02 Å². The molecule has 0 saturated heterocycles. The fourth-order valence-electron chi connectivity index (χ4n) is 1.47. The molecule has 3 heteroatoms. The van der Waals surface area contributed by atoms with Crippen LogP contribution in [0.15, 0.2) is 23.2 Å². The van der Waals surface area contributed by atoms with Crippen LogP contribution >= 0.6 is 11.6 Å². The maximum Gasteiger partial charge on any atom is 0.0565 e. The summed E-state index contributed by atoms with van der Waals surface area (Å²) in [4.78, 5) is 6.47. The quantitative estimate of drug-likeness (QED) is 0.619. The summed E-state index contributed by atoms with van der Waals surface area (Å²) in [5, 5.41) is 0.764. The number of anilines is 1. The summed E-state index contributed by atoms with van der Waals surface area (Å²) < 4.78 is 0. The van der Waals surface area contributed by atoms with Gasteiger partial charge in [-0.2, -0.15) is 0 Å². The molecule has 1 aliphatic rings. The summed E-state index contributed by atoms with van der Waals surface area (Å²) in [6, 6.07) is 5.90. The van der Waals surface area contributed by atoms with E-state index in [4.69, 9.17) is 11.6 Å². The summed E-state index contributed by atoms with van der Waals surface area (Å²) in [6.45, 7) is 1.81. The zero-order chi connectivity index (χ0) is 9.26. The molecule has 0 unspecified atom stereocenters. The number of likely N-dealkylation sites (N-methyl/N-ethyl adjacent to an activating group) is 1. The van der Waals surface area contributed by atoms with E-state index in [-0.39, 0.29) is 0 Å². The average Bonchev–Trinajstić information content (AvgIpc) is 2.28. The topological polar surface area (TPSA) is 15.6 Å². The van der Waals surface area contributed by atoms with E-state index in [2.05, 4.69) is 16.9 Å². The molecule has 0 atom stereocenters. The van der Waals surface area contributed by atoms with E-state index in [0.29, 0.717) is 0 Å². The Kier molecular flexibility index (Phi) is 2.23. The van der Waals surface area contributed by atoms with Gasteiger partial charge in [0.05, 0.1) is 6.54 Å². The van der Waals surface area contributed by atoms with Crippen molar-refractivity contribution in [2.75, 3.05) is 25.0 Å². The van der Waals surface area contributed by atoms with Crippen molar-refractivity contribution >= 4 is 23.5 Å². The SMILES string of the molecule is CN1CCN=Cc2cc(Cl)ccc21. The van der Waals surface area contributed by atoms with Crippen molar-refractivity contribution in [1.82, 2.24) is 0 Å². The maximum atomic E-state index is 5.90. The van der Waals surface area contributed by atoms with Crippen LogP contribution in [-0.4, -0.2) is 26.4 Å². The number of benzodiazepines with no additional fused rings is 1. The largest absolute Gasteiger partial charge is 0.372 e. The number of halogens is 1. The second kappa shape index (κ2) is 3.38. The van der Waals surface area contributed by atoms with Crippen LogP contribution in [0.4, 0.5) is 5.69 Å². The van der Waals surface area contributed by atoms with Crippen molar-refractivity contribution in [2.45, 2.75) is 0 Å². The first-order valence-corrected chi connectivity index (χ1v) is 4.66. The smallest absolute Gasteiger partial charge is 0.0565 e. The van der Waals surface area contributed by atoms with Crippen LogP contribution in [0.5, 0.6) is 0 Å². The maximum absolute atomic E-state index is 5.90. The monoisotopic (exact) mass is 194 g/mol. The standard InChI is InChI=1S/C10H11ClN2/c1-13-5-4-12-7-8-6-9(11)2-3-10(8)13/h2-3,6-7H,4-5H2,1H3. The van der Waals surface area contributed by atoms with E-state index >= 15 is 0 Å². The highest BCUT2D eigenvalue weighted by molar-refractivity contribution is 6.31. The van der Waals surface area contributed by atoms with Crippen molar-refractivity contribution < 1.29 is 0 Å². The van der Waals surface area contributed by atoms with Gasteiger partial charge in [-0.05, 0) is 18.2 Å². The molecule has 1 aromatic carbocycles. The molecule has 68 valence electrons. The predicted molar refractivity (Wildman–Crippen MR) is 57.2 cm³/mol. The number of hydrogen-bond acceptors (Lipinski definition) is 2. The summed E-state index contributed by atoms with van der Waals surface area (Å²) in [5.41, 5.74) is 2.30. The van der Waals surface area contributed by atoms with Gasteiger partial charge < -0.3 is 4.90 Å². The zero-order valence-corrected chi connectivity index (χ0v) is 8.25. The number of fused-ring (bicyclic) bond motifs is 1. The minimum Gasteiger partial charge on any atom is -0.372 e. The zero-order valence-electron chi connectivity index (χ0n) is 7.50. The van der Waals surface area contributed by atoms with Crippen molar-refractivity contribution in [1.29, 1.82) is 0 Å². The van der Waals surface area contributed by atoms with Crippen LogP contribution in [0, 0.1) is 0 Å².